The summed E-state index contributed by atoms with van der Waals surface area (Å²) < 4.78 is 84.3. The number of aromatic nitrogens is 2. The SMILES string of the molecule is CC1(C)CC(=O)c2c([nH]c(-c3cc[n+](CC(F)F)cc3)c2Nc2ccccc2)C1.O=S(=O)(O)C(F)(F)F. The Bertz CT molecular complexity index is 1350. The number of fused-ring (bicyclic) bond motifs is 1. The highest BCUT2D eigenvalue weighted by Crippen LogP contribution is 2.43. The van der Waals surface area contributed by atoms with Crippen LogP contribution in [0.3, 0.4) is 0 Å². The van der Waals surface area contributed by atoms with Crippen LogP contribution in [0, 0.1) is 5.41 Å². The number of nitrogens with one attached hydrogen (secondary N) is 2. The molecule has 13 heteroatoms. The molecule has 0 bridgehead atoms. The molecule has 0 radical (unpaired) electrons. The van der Waals surface area contributed by atoms with Crippen molar-refractivity contribution < 1.29 is 44.3 Å². The normalized spacial score (nSPS) is 15.1. The predicted molar refractivity (Wildman–Crippen MR) is 126 cm³/mol. The number of rotatable bonds is 5. The summed E-state index contributed by atoms with van der Waals surface area (Å²) in [5.74, 6) is 0.112. The van der Waals surface area contributed by atoms with Crippen LogP contribution < -0.4 is 9.88 Å². The van der Waals surface area contributed by atoms with Crippen molar-refractivity contribution in [3.63, 3.8) is 0 Å². The van der Waals surface area contributed by atoms with Gasteiger partial charge in [0, 0.05) is 35.5 Å². The number of hydrogen-bond donors (Lipinski definition) is 3. The summed E-state index contributed by atoms with van der Waals surface area (Å²) in [4.78, 5) is 16.4. The first-order valence-corrected chi connectivity index (χ1v) is 12.4. The Morgan fingerprint density at radius 1 is 1.08 bits per heavy atom. The zero-order chi connectivity index (χ0) is 27.6. The number of anilines is 2. The highest BCUT2D eigenvalue weighted by molar-refractivity contribution is 7.86. The van der Waals surface area contributed by atoms with Crippen molar-refractivity contribution in [1.29, 1.82) is 0 Å². The molecule has 3 N–H and O–H groups in total. The van der Waals surface area contributed by atoms with Crippen LogP contribution >= 0.6 is 0 Å². The molecule has 1 aliphatic carbocycles. The second kappa shape index (κ2) is 10.6. The number of nitrogens with zero attached hydrogens (tertiary/aromatic N) is 1. The third kappa shape index (κ3) is 7.13. The molecule has 4 rings (SSSR count). The second-order valence-corrected chi connectivity index (χ2v) is 10.7. The third-order valence-electron chi connectivity index (χ3n) is 5.52. The predicted octanol–water partition coefficient (Wildman–Crippen LogP) is 5.53. The van der Waals surface area contributed by atoms with Crippen molar-refractivity contribution in [3.05, 3.63) is 66.1 Å². The van der Waals surface area contributed by atoms with E-state index in [1.807, 2.05) is 30.3 Å². The van der Waals surface area contributed by atoms with Crippen LogP contribution in [-0.2, 0) is 23.1 Å². The monoisotopic (exact) mass is 546 g/mol. The zero-order valence-corrected chi connectivity index (χ0v) is 20.6. The Balaban J connectivity index is 0.000000414. The van der Waals surface area contributed by atoms with Crippen LogP contribution in [0.15, 0.2) is 54.9 Å². The number of halogens is 5. The van der Waals surface area contributed by atoms with Gasteiger partial charge in [-0.1, -0.05) is 32.0 Å². The molecule has 0 atom stereocenters. The maximum atomic E-state index is 13.0. The van der Waals surface area contributed by atoms with E-state index in [0.29, 0.717) is 12.0 Å². The summed E-state index contributed by atoms with van der Waals surface area (Å²) in [6, 6.07) is 13.3. The van der Waals surface area contributed by atoms with E-state index in [9.17, 15) is 26.7 Å². The van der Waals surface area contributed by atoms with E-state index >= 15 is 0 Å². The summed E-state index contributed by atoms with van der Waals surface area (Å²) in [5, 5.41) is 3.40. The van der Waals surface area contributed by atoms with E-state index in [0.717, 1.165) is 34.7 Å². The Morgan fingerprint density at radius 2 is 1.65 bits per heavy atom. The Hall–Kier alpha value is -3.32. The molecule has 200 valence electrons. The molecule has 0 saturated carbocycles. The summed E-state index contributed by atoms with van der Waals surface area (Å²) in [6.45, 7) is 3.84. The number of benzene rings is 1. The summed E-state index contributed by atoms with van der Waals surface area (Å²) in [5.41, 5.74) is -0.741. The Morgan fingerprint density at radius 3 is 2.16 bits per heavy atom. The molecule has 2 aromatic heterocycles. The number of alkyl halides is 5. The maximum absolute atomic E-state index is 13.0. The molecule has 2 heterocycles. The summed E-state index contributed by atoms with van der Waals surface area (Å²) >= 11 is 0. The smallest absolute Gasteiger partial charge is 0.356 e. The molecule has 0 fully saturated rings. The van der Waals surface area contributed by atoms with Crippen LogP contribution in [0.4, 0.5) is 33.3 Å². The summed E-state index contributed by atoms with van der Waals surface area (Å²) in [7, 11) is -5.84. The van der Waals surface area contributed by atoms with Gasteiger partial charge in [-0.25, -0.2) is 8.78 Å². The number of para-hydroxylation sites is 1. The number of H-pyrrole nitrogens is 1. The number of ketones is 1. The van der Waals surface area contributed by atoms with Gasteiger partial charge in [0.1, 0.15) is 0 Å². The van der Waals surface area contributed by atoms with Gasteiger partial charge in [0.2, 0.25) is 6.54 Å². The van der Waals surface area contributed by atoms with Gasteiger partial charge in [0.25, 0.3) is 6.43 Å². The average molecular weight is 547 g/mol. The Labute approximate surface area is 210 Å². The lowest BCUT2D eigenvalue weighted by Crippen LogP contribution is -2.36. The standard InChI is InChI=1S/C23H23F2N3O.CHF3O3S/c1-23(2)12-17-20(18(29)13-23)22(26-16-6-4-3-5-7-16)21(27-17)15-8-10-28(11-9-15)14-19(24)25;2-1(3,4)8(5,6)7/h3-11,19H,12-14H2,1-2H3,(H,26,27,29);(H,5,6,7)/p+1. The molecule has 1 aliphatic rings. The van der Waals surface area contributed by atoms with E-state index < -0.39 is 22.1 Å². The second-order valence-electron chi connectivity index (χ2n) is 9.26. The van der Waals surface area contributed by atoms with Crippen molar-refractivity contribution in [2.75, 3.05) is 5.32 Å². The van der Waals surface area contributed by atoms with Crippen molar-refractivity contribution >= 4 is 27.3 Å². The van der Waals surface area contributed by atoms with Gasteiger partial charge in [-0.2, -0.15) is 26.2 Å². The average Bonchev–Trinajstić information content (AvgIpc) is 3.10. The van der Waals surface area contributed by atoms with Gasteiger partial charge in [0.05, 0.1) is 16.9 Å². The lowest BCUT2D eigenvalue weighted by atomic mass is 9.76. The number of carbonyl (C=O) groups is 1. The molecule has 7 nitrogen and oxygen atoms in total. The van der Waals surface area contributed by atoms with Crippen LogP contribution in [0.2, 0.25) is 0 Å². The summed E-state index contributed by atoms with van der Waals surface area (Å²) in [6.07, 6.45) is 2.14. The molecule has 3 aromatic rings. The minimum Gasteiger partial charge on any atom is -0.356 e. The minimum atomic E-state index is -5.84. The van der Waals surface area contributed by atoms with Crippen molar-refractivity contribution in [2.45, 2.75) is 45.2 Å². The third-order valence-corrected chi connectivity index (χ3v) is 6.10. The minimum absolute atomic E-state index is 0.104. The largest absolute Gasteiger partial charge is 0.522 e. The van der Waals surface area contributed by atoms with Crippen molar-refractivity contribution in [3.8, 4) is 11.3 Å². The number of hydrogen-bond acceptors (Lipinski definition) is 4. The van der Waals surface area contributed by atoms with E-state index in [4.69, 9.17) is 13.0 Å². The molecule has 0 saturated heterocycles. The van der Waals surface area contributed by atoms with Crippen molar-refractivity contribution in [2.24, 2.45) is 5.41 Å². The number of aromatic amines is 1. The fourth-order valence-corrected chi connectivity index (χ4v) is 3.97. The number of Topliss-reactive ketones (excluding diaryl/α,β-unsaturated/α-hetero) is 1. The first kappa shape index (κ1) is 28.3. The first-order valence-electron chi connectivity index (χ1n) is 11.0. The highest BCUT2D eigenvalue weighted by atomic mass is 32.2. The van der Waals surface area contributed by atoms with Crippen LogP contribution in [-0.4, -0.2) is 35.7 Å². The van der Waals surface area contributed by atoms with Crippen molar-refractivity contribution in [1.82, 2.24) is 4.98 Å². The molecule has 0 amide bonds. The molecule has 0 unspecified atom stereocenters. The lowest BCUT2D eigenvalue weighted by Gasteiger charge is -2.28. The first-order chi connectivity index (χ1) is 17.1. The van der Waals surface area contributed by atoms with E-state index in [1.54, 1.807) is 24.5 Å². The van der Waals surface area contributed by atoms with Gasteiger partial charge in [0.15, 0.2) is 18.2 Å². The topological polar surface area (TPSA) is 103 Å². The maximum Gasteiger partial charge on any atom is 0.522 e. The lowest BCUT2D eigenvalue weighted by molar-refractivity contribution is -0.705. The molecule has 1 aromatic carbocycles. The van der Waals surface area contributed by atoms with E-state index in [2.05, 4.69) is 24.1 Å². The number of pyridine rings is 1. The molecule has 0 spiro atoms. The van der Waals surface area contributed by atoms with E-state index in [-0.39, 0.29) is 17.7 Å². The highest BCUT2D eigenvalue weighted by Gasteiger charge is 2.44. The van der Waals surface area contributed by atoms with Gasteiger partial charge in [-0.3, -0.25) is 9.35 Å². The van der Waals surface area contributed by atoms with Gasteiger partial charge < -0.3 is 10.3 Å². The van der Waals surface area contributed by atoms with E-state index in [1.165, 1.54) is 4.57 Å². The molecular weight excluding hydrogens is 521 g/mol. The Kier molecular flexibility index (Phi) is 8.08. The fourth-order valence-electron chi connectivity index (χ4n) is 3.97. The van der Waals surface area contributed by atoms with Crippen LogP contribution in [0.25, 0.3) is 11.3 Å². The zero-order valence-electron chi connectivity index (χ0n) is 19.8. The van der Waals surface area contributed by atoms with Gasteiger partial charge >= 0.3 is 15.6 Å². The molecule has 37 heavy (non-hydrogen) atoms. The van der Waals surface area contributed by atoms with Gasteiger partial charge in [-0.15, -0.1) is 0 Å². The van der Waals surface area contributed by atoms with Crippen LogP contribution in [0.1, 0.15) is 36.3 Å². The quantitative estimate of drug-likeness (QED) is 0.169. The molecule has 0 aliphatic heterocycles. The van der Waals surface area contributed by atoms with Gasteiger partial charge in [-0.05, 0) is 24.0 Å². The van der Waals surface area contributed by atoms with Crippen LogP contribution in [0.5, 0.6) is 0 Å². The molecular formula is C24H25F5N3O4S+. The number of carbonyl (C=O) groups excluding carboxylic acids is 1. The fraction of sp³-hybridized carbons (Fsp3) is 0.333.